The summed E-state index contributed by atoms with van der Waals surface area (Å²) in [6.07, 6.45) is -0.373. The number of nitro groups is 1. The second-order valence-corrected chi connectivity index (χ2v) is 6.50. The van der Waals surface area contributed by atoms with Crippen LogP contribution in [0, 0.1) is 10.1 Å². The Labute approximate surface area is 119 Å². The third-order valence-corrected chi connectivity index (χ3v) is 4.72. The number of halogens is 1. The van der Waals surface area contributed by atoms with Gasteiger partial charge >= 0.3 is 0 Å². The number of aliphatic hydroxyl groups is 1. The quantitative estimate of drug-likeness (QED) is 0.594. The largest absolute Gasteiger partial charge is 0.393 e. The number of nitrogens with zero attached hydrogens (tertiary/aromatic N) is 1. The van der Waals surface area contributed by atoms with Gasteiger partial charge in [0.15, 0.2) is 0 Å². The molecule has 0 spiro atoms. The van der Waals surface area contributed by atoms with Gasteiger partial charge in [-0.15, -0.1) is 0 Å². The van der Waals surface area contributed by atoms with E-state index in [0.29, 0.717) is 0 Å². The number of aliphatic hydroxyl groups excluding tert-OH is 1. The molecule has 1 aromatic rings. The van der Waals surface area contributed by atoms with Crippen molar-refractivity contribution in [2.45, 2.75) is 24.3 Å². The molecule has 0 saturated carbocycles. The highest BCUT2D eigenvalue weighted by Crippen LogP contribution is 2.26. The Morgan fingerprint density at radius 3 is 2.68 bits per heavy atom. The minimum absolute atomic E-state index is 0.0507. The molecule has 0 saturated heterocycles. The fourth-order valence-corrected chi connectivity index (χ4v) is 3.32. The first kappa shape index (κ1) is 16.0. The summed E-state index contributed by atoms with van der Waals surface area (Å²) in [5, 5.41) is 19.7. The van der Waals surface area contributed by atoms with Crippen LogP contribution < -0.4 is 4.72 Å². The second-order valence-electron chi connectivity index (χ2n) is 3.91. The molecule has 7 nitrogen and oxygen atoms in total. The minimum atomic E-state index is -3.86. The Kier molecular flexibility index (Phi) is 5.41. The number of nitrogens with one attached hydrogen (secondary N) is 1. The molecule has 9 heteroatoms. The van der Waals surface area contributed by atoms with Gasteiger partial charge in [0.1, 0.15) is 4.90 Å². The molecule has 0 unspecified atom stereocenters. The number of hydrogen-bond donors (Lipinski definition) is 2. The summed E-state index contributed by atoms with van der Waals surface area (Å²) in [6, 6.07) is 3.50. The van der Waals surface area contributed by atoms with Gasteiger partial charge in [-0.05, 0) is 35.3 Å². The fourth-order valence-electron chi connectivity index (χ4n) is 1.29. The van der Waals surface area contributed by atoms with E-state index in [2.05, 4.69) is 20.7 Å². The molecule has 1 atom stereocenters. The summed E-state index contributed by atoms with van der Waals surface area (Å²) in [5.74, 6) is 0. The highest BCUT2D eigenvalue weighted by molar-refractivity contribution is 9.10. The molecule has 19 heavy (non-hydrogen) atoms. The van der Waals surface area contributed by atoms with E-state index in [9.17, 15) is 18.5 Å². The summed E-state index contributed by atoms with van der Waals surface area (Å²) in [4.78, 5) is 9.77. The lowest BCUT2D eigenvalue weighted by Crippen LogP contribution is -2.27. The molecule has 1 rings (SSSR count). The van der Waals surface area contributed by atoms with E-state index < -0.39 is 21.1 Å². The third kappa shape index (κ3) is 4.53. The third-order valence-electron chi connectivity index (χ3n) is 2.27. The van der Waals surface area contributed by atoms with Crippen molar-refractivity contribution in [3.8, 4) is 0 Å². The SMILES string of the molecule is C[C@@H](O)CCNS(=O)(=O)c1cc([N+](=O)[O-])ccc1Br. The average molecular weight is 353 g/mol. The molecule has 2 N–H and O–H groups in total. The van der Waals surface area contributed by atoms with E-state index >= 15 is 0 Å². The van der Waals surface area contributed by atoms with Crippen molar-refractivity contribution >= 4 is 31.6 Å². The van der Waals surface area contributed by atoms with E-state index in [0.717, 1.165) is 6.07 Å². The van der Waals surface area contributed by atoms with Gasteiger partial charge in [0.25, 0.3) is 5.69 Å². The standard InChI is InChI=1S/C10H13BrN2O5S/c1-7(14)4-5-12-19(17,18)10-6-8(13(15)16)2-3-9(10)11/h2-3,6-7,12,14H,4-5H2,1H3/t7-/m1/s1. The molecule has 106 valence electrons. The lowest BCUT2D eigenvalue weighted by Gasteiger charge is -2.09. The summed E-state index contributed by atoms with van der Waals surface area (Å²) in [6.45, 7) is 1.59. The summed E-state index contributed by atoms with van der Waals surface area (Å²) in [5.41, 5.74) is -0.306. The van der Waals surface area contributed by atoms with E-state index in [4.69, 9.17) is 5.11 Å². The van der Waals surface area contributed by atoms with Crippen molar-refractivity contribution in [3.05, 3.63) is 32.8 Å². The van der Waals surface area contributed by atoms with Crippen molar-refractivity contribution in [2.75, 3.05) is 6.54 Å². The van der Waals surface area contributed by atoms with E-state index in [1.165, 1.54) is 19.1 Å². The number of sulfonamides is 1. The monoisotopic (exact) mass is 352 g/mol. The molecule has 0 radical (unpaired) electrons. The number of hydrogen-bond acceptors (Lipinski definition) is 5. The molecule has 0 bridgehead atoms. The predicted molar refractivity (Wildman–Crippen MR) is 72.3 cm³/mol. The first-order chi connectivity index (χ1) is 8.74. The highest BCUT2D eigenvalue weighted by atomic mass is 79.9. The Morgan fingerprint density at radius 2 is 2.16 bits per heavy atom. The van der Waals surface area contributed by atoms with Gasteiger partial charge in [0.05, 0.1) is 11.0 Å². The van der Waals surface area contributed by atoms with Crippen molar-refractivity contribution in [1.82, 2.24) is 4.72 Å². The molecule has 0 aliphatic carbocycles. The number of nitro benzene ring substituents is 1. The molecule has 0 fully saturated rings. The Hall–Kier alpha value is -1.03. The molecular formula is C10H13BrN2O5S. The van der Waals surface area contributed by atoms with Crippen LogP contribution in [0.3, 0.4) is 0 Å². The van der Waals surface area contributed by atoms with Gasteiger partial charge < -0.3 is 5.11 Å². The molecular weight excluding hydrogens is 340 g/mol. The molecule has 0 aliphatic rings. The summed E-state index contributed by atoms with van der Waals surface area (Å²) in [7, 11) is -3.86. The Bertz CT molecular complexity index is 573. The van der Waals surface area contributed by atoms with Crippen LogP contribution in [0.2, 0.25) is 0 Å². The molecule has 0 aliphatic heterocycles. The first-order valence-corrected chi connectivity index (χ1v) is 7.63. The van der Waals surface area contributed by atoms with Crippen LogP contribution in [0.15, 0.2) is 27.6 Å². The molecule has 0 aromatic heterocycles. The minimum Gasteiger partial charge on any atom is -0.393 e. The Morgan fingerprint density at radius 1 is 1.53 bits per heavy atom. The van der Waals surface area contributed by atoms with Crippen LogP contribution in [-0.2, 0) is 10.0 Å². The lowest BCUT2D eigenvalue weighted by molar-refractivity contribution is -0.385. The van der Waals surface area contributed by atoms with Crippen LogP contribution in [0.4, 0.5) is 5.69 Å². The van der Waals surface area contributed by atoms with E-state index in [-0.39, 0.29) is 28.0 Å². The maximum absolute atomic E-state index is 12.0. The zero-order valence-electron chi connectivity index (χ0n) is 10.0. The maximum Gasteiger partial charge on any atom is 0.270 e. The van der Waals surface area contributed by atoms with Gasteiger partial charge in [0.2, 0.25) is 10.0 Å². The first-order valence-electron chi connectivity index (χ1n) is 5.35. The van der Waals surface area contributed by atoms with Gasteiger partial charge in [0, 0.05) is 23.2 Å². The van der Waals surface area contributed by atoms with Crippen LogP contribution in [0.1, 0.15) is 13.3 Å². The summed E-state index contributed by atoms with van der Waals surface area (Å²) >= 11 is 3.05. The number of non-ortho nitro benzene ring substituents is 1. The smallest absolute Gasteiger partial charge is 0.270 e. The average Bonchev–Trinajstić information content (AvgIpc) is 2.28. The van der Waals surface area contributed by atoms with Crippen molar-refractivity contribution < 1.29 is 18.4 Å². The highest BCUT2D eigenvalue weighted by Gasteiger charge is 2.20. The van der Waals surface area contributed by atoms with Gasteiger partial charge in [-0.3, -0.25) is 10.1 Å². The molecule has 0 amide bonds. The molecule has 0 heterocycles. The van der Waals surface area contributed by atoms with Gasteiger partial charge in [-0.25, -0.2) is 13.1 Å². The number of benzene rings is 1. The maximum atomic E-state index is 12.0. The van der Waals surface area contributed by atoms with Gasteiger partial charge in [-0.1, -0.05) is 0 Å². The van der Waals surface area contributed by atoms with Crippen LogP contribution >= 0.6 is 15.9 Å². The lowest BCUT2D eigenvalue weighted by atomic mass is 10.3. The van der Waals surface area contributed by atoms with Crippen molar-refractivity contribution in [2.24, 2.45) is 0 Å². The predicted octanol–water partition coefficient (Wildman–Crippen LogP) is 1.41. The van der Waals surface area contributed by atoms with Crippen LogP contribution in [0.5, 0.6) is 0 Å². The zero-order valence-corrected chi connectivity index (χ0v) is 12.4. The van der Waals surface area contributed by atoms with Gasteiger partial charge in [-0.2, -0.15) is 0 Å². The van der Waals surface area contributed by atoms with Crippen molar-refractivity contribution in [3.63, 3.8) is 0 Å². The molecule has 1 aromatic carbocycles. The topological polar surface area (TPSA) is 110 Å². The second kappa shape index (κ2) is 6.42. The summed E-state index contributed by atoms with van der Waals surface area (Å²) < 4.78 is 26.4. The van der Waals surface area contributed by atoms with E-state index in [1.807, 2.05) is 0 Å². The fraction of sp³-hybridized carbons (Fsp3) is 0.400. The van der Waals surface area contributed by atoms with Crippen molar-refractivity contribution in [1.29, 1.82) is 0 Å². The number of rotatable bonds is 6. The van der Waals surface area contributed by atoms with Crippen LogP contribution in [-0.4, -0.2) is 31.1 Å². The van der Waals surface area contributed by atoms with E-state index in [1.54, 1.807) is 0 Å². The zero-order chi connectivity index (χ0) is 14.6. The Balaban J connectivity index is 3.00. The van der Waals surface area contributed by atoms with Crippen LogP contribution in [0.25, 0.3) is 0 Å². The normalized spacial score (nSPS) is 13.2.